The van der Waals surface area contributed by atoms with Crippen LogP contribution in [0, 0.1) is 6.92 Å². The number of nitrogens with zero attached hydrogens (tertiary/aromatic N) is 2. The van der Waals surface area contributed by atoms with Gasteiger partial charge in [0.1, 0.15) is 0 Å². The lowest BCUT2D eigenvalue weighted by atomic mass is 10.3. The molecule has 3 nitrogen and oxygen atoms in total. The summed E-state index contributed by atoms with van der Waals surface area (Å²) < 4.78 is 2.08. The van der Waals surface area contributed by atoms with E-state index in [2.05, 4.69) is 34.7 Å². The van der Waals surface area contributed by atoms with Gasteiger partial charge in [-0.05, 0) is 19.9 Å². The Morgan fingerprint density at radius 2 is 2.38 bits per heavy atom. The Labute approximate surface area is 104 Å². The maximum atomic E-state index is 6.11. The SMILES string of the molecule is CCCCNCc1c(Cl)nc2sc(C)cn12. The van der Waals surface area contributed by atoms with Gasteiger partial charge in [-0.3, -0.25) is 4.40 Å². The van der Waals surface area contributed by atoms with Crippen LogP contribution in [0.5, 0.6) is 0 Å². The Balaban J connectivity index is 2.12. The van der Waals surface area contributed by atoms with E-state index >= 15 is 0 Å². The monoisotopic (exact) mass is 257 g/mol. The van der Waals surface area contributed by atoms with Crippen molar-refractivity contribution in [2.45, 2.75) is 33.2 Å². The maximum Gasteiger partial charge on any atom is 0.195 e. The first-order valence-electron chi connectivity index (χ1n) is 5.56. The minimum Gasteiger partial charge on any atom is -0.311 e. The summed E-state index contributed by atoms with van der Waals surface area (Å²) in [5.74, 6) is 0. The highest BCUT2D eigenvalue weighted by Gasteiger charge is 2.11. The minimum atomic E-state index is 0.621. The molecule has 0 atom stereocenters. The van der Waals surface area contributed by atoms with Gasteiger partial charge in [-0.2, -0.15) is 0 Å². The molecule has 0 saturated heterocycles. The van der Waals surface area contributed by atoms with Gasteiger partial charge in [0, 0.05) is 17.6 Å². The largest absolute Gasteiger partial charge is 0.311 e. The van der Waals surface area contributed by atoms with Gasteiger partial charge in [-0.25, -0.2) is 4.98 Å². The molecule has 1 N–H and O–H groups in total. The van der Waals surface area contributed by atoms with Crippen LogP contribution in [0.4, 0.5) is 0 Å². The molecule has 5 heteroatoms. The predicted molar refractivity (Wildman–Crippen MR) is 69.4 cm³/mol. The van der Waals surface area contributed by atoms with Crippen LogP contribution >= 0.6 is 22.9 Å². The molecule has 0 spiro atoms. The topological polar surface area (TPSA) is 29.3 Å². The first kappa shape index (κ1) is 11.9. The van der Waals surface area contributed by atoms with Gasteiger partial charge in [0.2, 0.25) is 0 Å². The third kappa shape index (κ3) is 2.39. The van der Waals surface area contributed by atoms with Gasteiger partial charge in [0.05, 0.1) is 5.69 Å². The fourth-order valence-corrected chi connectivity index (χ4v) is 2.77. The van der Waals surface area contributed by atoms with Crippen LogP contribution in [0.3, 0.4) is 0 Å². The summed E-state index contributed by atoms with van der Waals surface area (Å²) in [5.41, 5.74) is 1.07. The fraction of sp³-hybridized carbons (Fsp3) is 0.545. The zero-order valence-electron chi connectivity index (χ0n) is 9.59. The number of thiazole rings is 1. The molecule has 0 fully saturated rings. The van der Waals surface area contributed by atoms with Crippen molar-refractivity contribution < 1.29 is 0 Å². The predicted octanol–water partition coefficient (Wildman–Crippen LogP) is 3.25. The van der Waals surface area contributed by atoms with Gasteiger partial charge in [-0.15, -0.1) is 11.3 Å². The van der Waals surface area contributed by atoms with Crippen molar-refractivity contribution in [1.29, 1.82) is 0 Å². The summed E-state index contributed by atoms with van der Waals surface area (Å²) in [6.07, 6.45) is 4.50. The van der Waals surface area contributed by atoms with E-state index in [1.165, 1.54) is 17.7 Å². The molecule has 0 aliphatic rings. The van der Waals surface area contributed by atoms with Crippen molar-refractivity contribution in [3.8, 4) is 0 Å². The zero-order chi connectivity index (χ0) is 11.5. The summed E-state index contributed by atoms with van der Waals surface area (Å²) >= 11 is 7.78. The summed E-state index contributed by atoms with van der Waals surface area (Å²) in [5, 5.41) is 4.01. The Bertz CT molecular complexity index is 475. The van der Waals surface area contributed by atoms with Gasteiger partial charge in [-0.1, -0.05) is 24.9 Å². The average Bonchev–Trinajstić information content (AvgIpc) is 2.70. The second kappa shape index (κ2) is 5.17. The molecular formula is C11H16ClN3S. The molecule has 0 aliphatic heterocycles. The normalized spacial score (nSPS) is 11.4. The molecule has 16 heavy (non-hydrogen) atoms. The first-order chi connectivity index (χ1) is 7.72. The first-order valence-corrected chi connectivity index (χ1v) is 6.75. The Hall–Kier alpha value is -0.580. The number of rotatable bonds is 5. The van der Waals surface area contributed by atoms with Crippen molar-refractivity contribution in [2.24, 2.45) is 0 Å². The molecule has 0 aromatic carbocycles. The minimum absolute atomic E-state index is 0.621. The number of imidazole rings is 1. The van der Waals surface area contributed by atoms with Crippen LogP contribution < -0.4 is 5.32 Å². The van der Waals surface area contributed by atoms with E-state index in [0.29, 0.717) is 5.15 Å². The summed E-state index contributed by atoms with van der Waals surface area (Å²) in [4.78, 5) is 6.58. The maximum absolute atomic E-state index is 6.11. The number of nitrogens with one attached hydrogen (secondary N) is 1. The van der Waals surface area contributed by atoms with E-state index in [1.54, 1.807) is 11.3 Å². The van der Waals surface area contributed by atoms with Gasteiger partial charge in [0.25, 0.3) is 0 Å². The fourth-order valence-electron chi connectivity index (χ4n) is 1.64. The molecule has 0 bridgehead atoms. The molecule has 0 amide bonds. The third-order valence-electron chi connectivity index (χ3n) is 2.49. The van der Waals surface area contributed by atoms with E-state index in [4.69, 9.17) is 11.6 Å². The number of halogens is 1. The molecule has 0 aliphatic carbocycles. The van der Waals surface area contributed by atoms with Crippen LogP contribution in [0.15, 0.2) is 6.20 Å². The smallest absolute Gasteiger partial charge is 0.195 e. The number of hydrogen-bond donors (Lipinski definition) is 1. The van der Waals surface area contributed by atoms with Crippen LogP contribution in [-0.4, -0.2) is 15.9 Å². The molecule has 0 saturated carbocycles. The molecule has 0 radical (unpaired) electrons. The number of aryl methyl sites for hydroxylation is 1. The summed E-state index contributed by atoms with van der Waals surface area (Å²) in [6, 6.07) is 0. The highest BCUT2D eigenvalue weighted by molar-refractivity contribution is 7.17. The highest BCUT2D eigenvalue weighted by atomic mass is 35.5. The molecule has 2 heterocycles. The van der Waals surface area contributed by atoms with E-state index in [9.17, 15) is 0 Å². The third-order valence-corrected chi connectivity index (χ3v) is 3.69. The van der Waals surface area contributed by atoms with E-state index < -0.39 is 0 Å². The Morgan fingerprint density at radius 1 is 1.56 bits per heavy atom. The lowest BCUT2D eigenvalue weighted by Crippen LogP contribution is -2.15. The quantitative estimate of drug-likeness (QED) is 0.834. The molecule has 0 unspecified atom stereocenters. The van der Waals surface area contributed by atoms with Gasteiger partial charge < -0.3 is 5.32 Å². The number of aromatic nitrogens is 2. The van der Waals surface area contributed by atoms with Crippen molar-refractivity contribution in [2.75, 3.05) is 6.54 Å². The Morgan fingerprint density at radius 3 is 3.12 bits per heavy atom. The molecule has 2 rings (SSSR count). The van der Waals surface area contributed by atoms with Crippen molar-refractivity contribution in [1.82, 2.24) is 14.7 Å². The van der Waals surface area contributed by atoms with Crippen molar-refractivity contribution in [3.05, 3.63) is 21.9 Å². The zero-order valence-corrected chi connectivity index (χ0v) is 11.2. The van der Waals surface area contributed by atoms with Gasteiger partial charge >= 0.3 is 0 Å². The molecule has 2 aromatic heterocycles. The molecular weight excluding hydrogens is 242 g/mol. The lowest BCUT2D eigenvalue weighted by Gasteiger charge is -2.02. The van der Waals surface area contributed by atoms with Gasteiger partial charge in [0.15, 0.2) is 10.1 Å². The van der Waals surface area contributed by atoms with Crippen molar-refractivity contribution in [3.63, 3.8) is 0 Å². The second-order valence-corrected chi connectivity index (χ2v) is 5.45. The van der Waals surface area contributed by atoms with E-state index in [0.717, 1.165) is 23.7 Å². The summed E-state index contributed by atoms with van der Waals surface area (Å²) in [6.45, 7) is 6.09. The van der Waals surface area contributed by atoms with E-state index in [-0.39, 0.29) is 0 Å². The van der Waals surface area contributed by atoms with Crippen LogP contribution in [-0.2, 0) is 6.54 Å². The average molecular weight is 258 g/mol. The molecule has 88 valence electrons. The van der Waals surface area contributed by atoms with Crippen LogP contribution in [0.2, 0.25) is 5.15 Å². The number of unbranched alkanes of at least 4 members (excludes halogenated alkanes) is 1. The standard InChI is InChI=1S/C11H16ClN3S/c1-3-4-5-13-6-9-10(12)14-11-15(9)7-8(2)16-11/h7,13H,3-6H2,1-2H3. The summed E-state index contributed by atoms with van der Waals surface area (Å²) in [7, 11) is 0. The number of fused-ring (bicyclic) bond motifs is 1. The van der Waals surface area contributed by atoms with Crippen molar-refractivity contribution >= 4 is 27.9 Å². The number of hydrogen-bond acceptors (Lipinski definition) is 3. The lowest BCUT2D eigenvalue weighted by molar-refractivity contribution is 0.631. The van der Waals surface area contributed by atoms with Crippen LogP contribution in [0.25, 0.3) is 4.96 Å². The van der Waals surface area contributed by atoms with E-state index in [1.807, 2.05) is 0 Å². The van der Waals surface area contributed by atoms with Crippen LogP contribution in [0.1, 0.15) is 30.3 Å². The molecule has 2 aromatic rings. The second-order valence-electron chi connectivity index (χ2n) is 3.87. The Kier molecular flexibility index (Phi) is 3.84. The highest BCUT2D eigenvalue weighted by Crippen LogP contribution is 2.23.